The number of hydrogen-bond acceptors (Lipinski definition) is 4. The van der Waals surface area contributed by atoms with Gasteiger partial charge in [0.2, 0.25) is 0 Å². The fourth-order valence-electron chi connectivity index (χ4n) is 2.07. The Morgan fingerprint density at radius 1 is 1.29 bits per heavy atom. The van der Waals surface area contributed by atoms with Crippen molar-refractivity contribution in [3.05, 3.63) is 29.8 Å². The van der Waals surface area contributed by atoms with Gasteiger partial charge in [-0.25, -0.2) is 4.79 Å². The fourth-order valence-corrected chi connectivity index (χ4v) is 2.07. The molecule has 3 amide bonds. The van der Waals surface area contributed by atoms with Crippen molar-refractivity contribution in [2.24, 2.45) is 0 Å². The van der Waals surface area contributed by atoms with E-state index in [0.717, 1.165) is 10.5 Å². The molecule has 0 bridgehead atoms. The quantitative estimate of drug-likeness (QED) is 0.831. The number of amides is 3. The largest absolute Gasteiger partial charge is 0.492 e. The number of rotatable bonds is 5. The number of carbonyl (C=O) groups excluding carboxylic acids is 2. The smallest absolute Gasteiger partial charge is 0.325 e. The van der Waals surface area contributed by atoms with Crippen LogP contribution < -0.4 is 10.1 Å². The lowest BCUT2D eigenvalue weighted by Crippen LogP contribution is -2.40. The van der Waals surface area contributed by atoms with Gasteiger partial charge in [-0.05, 0) is 31.5 Å². The second-order valence-corrected chi connectivity index (χ2v) is 5.34. The van der Waals surface area contributed by atoms with Gasteiger partial charge in [0.1, 0.15) is 17.9 Å². The third kappa shape index (κ3) is 3.31. The molecular formula is C15H17N3O3. The van der Waals surface area contributed by atoms with Gasteiger partial charge < -0.3 is 10.1 Å². The summed E-state index contributed by atoms with van der Waals surface area (Å²) in [4.78, 5) is 24.8. The van der Waals surface area contributed by atoms with Gasteiger partial charge in [-0.3, -0.25) is 9.69 Å². The van der Waals surface area contributed by atoms with Gasteiger partial charge in [0.05, 0.1) is 19.0 Å². The van der Waals surface area contributed by atoms with Crippen molar-refractivity contribution < 1.29 is 14.3 Å². The van der Waals surface area contributed by atoms with E-state index in [4.69, 9.17) is 10.00 Å². The standard InChI is InChI=1S/C15H17N3O3/c1-15(2)13(19)18(14(20)17-15)9-10-21-12-5-3-11(4-6-12)7-8-16/h3-6H,7,9-10H2,1-2H3,(H,17,20). The van der Waals surface area contributed by atoms with Crippen molar-refractivity contribution >= 4 is 11.9 Å². The molecule has 21 heavy (non-hydrogen) atoms. The molecule has 1 aromatic carbocycles. The number of urea groups is 1. The summed E-state index contributed by atoms with van der Waals surface area (Å²) in [6.07, 6.45) is 0.359. The van der Waals surface area contributed by atoms with Crippen LogP contribution in [0.25, 0.3) is 0 Å². The molecule has 6 heteroatoms. The van der Waals surface area contributed by atoms with E-state index in [1.54, 1.807) is 26.0 Å². The zero-order valence-corrected chi connectivity index (χ0v) is 12.0. The summed E-state index contributed by atoms with van der Waals surface area (Å²) in [5, 5.41) is 11.2. The average Bonchev–Trinajstić information content (AvgIpc) is 2.63. The second kappa shape index (κ2) is 5.83. The first-order valence-electron chi connectivity index (χ1n) is 6.67. The van der Waals surface area contributed by atoms with E-state index in [2.05, 4.69) is 11.4 Å². The van der Waals surface area contributed by atoms with Crippen LogP contribution in [0, 0.1) is 11.3 Å². The Balaban J connectivity index is 1.86. The van der Waals surface area contributed by atoms with Gasteiger partial charge in [0.25, 0.3) is 5.91 Å². The highest BCUT2D eigenvalue weighted by molar-refractivity contribution is 6.06. The Morgan fingerprint density at radius 2 is 1.95 bits per heavy atom. The van der Waals surface area contributed by atoms with Crippen molar-refractivity contribution in [2.45, 2.75) is 25.8 Å². The predicted molar refractivity (Wildman–Crippen MR) is 75.6 cm³/mol. The lowest BCUT2D eigenvalue weighted by atomic mass is 10.1. The third-order valence-electron chi connectivity index (χ3n) is 3.23. The van der Waals surface area contributed by atoms with Crippen LogP contribution >= 0.6 is 0 Å². The normalized spacial score (nSPS) is 16.5. The molecule has 1 heterocycles. The molecule has 1 N–H and O–H groups in total. The van der Waals surface area contributed by atoms with Gasteiger partial charge in [-0.1, -0.05) is 12.1 Å². The number of hydrogen-bond donors (Lipinski definition) is 1. The lowest BCUT2D eigenvalue weighted by Gasteiger charge is -2.16. The maximum absolute atomic E-state index is 12.0. The van der Waals surface area contributed by atoms with Gasteiger partial charge in [0, 0.05) is 0 Å². The topological polar surface area (TPSA) is 82.4 Å². The summed E-state index contributed by atoms with van der Waals surface area (Å²) in [6.45, 7) is 3.77. The number of carbonyl (C=O) groups is 2. The van der Waals surface area contributed by atoms with Crippen LogP contribution in [0.4, 0.5) is 4.79 Å². The van der Waals surface area contributed by atoms with E-state index in [1.807, 2.05) is 12.1 Å². The second-order valence-electron chi connectivity index (χ2n) is 5.34. The molecule has 0 aromatic heterocycles. The molecule has 6 nitrogen and oxygen atoms in total. The lowest BCUT2D eigenvalue weighted by molar-refractivity contribution is -0.130. The van der Waals surface area contributed by atoms with Crippen molar-refractivity contribution in [1.29, 1.82) is 5.26 Å². The Bertz CT molecular complexity index is 587. The number of ether oxygens (including phenoxy) is 1. The Kier molecular flexibility index (Phi) is 4.13. The Labute approximate surface area is 123 Å². The monoisotopic (exact) mass is 287 g/mol. The van der Waals surface area contributed by atoms with Crippen molar-refractivity contribution in [3.8, 4) is 11.8 Å². The molecule has 1 aliphatic heterocycles. The van der Waals surface area contributed by atoms with E-state index >= 15 is 0 Å². The molecule has 1 fully saturated rings. The number of imide groups is 1. The first kappa shape index (κ1) is 14.9. The van der Waals surface area contributed by atoms with Gasteiger partial charge >= 0.3 is 6.03 Å². The van der Waals surface area contributed by atoms with Gasteiger partial charge in [-0.15, -0.1) is 0 Å². The maximum Gasteiger partial charge on any atom is 0.325 e. The molecule has 0 atom stereocenters. The van der Waals surface area contributed by atoms with Crippen LogP contribution in [0.1, 0.15) is 19.4 Å². The highest BCUT2D eigenvalue weighted by Crippen LogP contribution is 2.17. The van der Waals surface area contributed by atoms with Crippen LogP contribution in [0.2, 0.25) is 0 Å². The molecule has 0 saturated carbocycles. The molecule has 0 aliphatic carbocycles. The van der Waals surface area contributed by atoms with Crippen LogP contribution in [0.3, 0.4) is 0 Å². The van der Waals surface area contributed by atoms with Crippen LogP contribution in [-0.4, -0.2) is 35.5 Å². The highest BCUT2D eigenvalue weighted by atomic mass is 16.5. The average molecular weight is 287 g/mol. The summed E-state index contributed by atoms with van der Waals surface area (Å²) in [7, 11) is 0. The van der Waals surface area contributed by atoms with Crippen molar-refractivity contribution in [3.63, 3.8) is 0 Å². The molecule has 2 rings (SSSR count). The molecule has 110 valence electrons. The minimum absolute atomic E-state index is 0.202. The molecule has 0 radical (unpaired) electrons. The van der Waals surface area contributed by atoms with E-state index in [9.17, 15) is 9.59 Å². The molecule has 1 aliphatic rings. The molecular weight excluding hydrogens is 270 g/mol. The molecule has 1 saturated heterocycles. The zero-order chi connectivity index (χ0) is 15.5. The van der Waals surface area contributed by atoms with Crippen LogP contribution in [0.5, 0.6) is 5.75 Å². The third-order valence-corrected chi connectivity index (χ3v) is 3.23. The highest BCUT2D eigenvalue weighted by Gasteiger charge is 2.43. The first-order chi connectivity index (χ1) is 9.94. The summed E-state index contributed by atoms with van der Waals surface area (Å²) in [6, 6.07) is 8.84. The predicted octanol–water partition coefficient (Wildman–Crippen LogP) is 1.46. The fraction of sp³-hybridized carbons (Fsp3) is 0.400. The molecule has 0 unspecified atom stereocenters. The van der Waals surface area contributed by atoms with Crippen molar-refractivity contribution in [1.82, 2.24) is 10.2 Å². The van der Waals surface area contributed by atoms with E-state index in [1.165, 1.54) is 0 Å². The first-order valence-corrected chi connectivity index (χ1v) is 6.67. The summed E-state index contributed by atoms with van der Waals surface area (Å²) >= 11 is 0. The van der Waals surface area contributed by atoms with Crippen molar-refractivity contribution in [2.75, 3.05) is 13.2 Å². The number of nitrogens with zero attached hydrogens (tertiary/aromatic N) is 2. The van der Waals surface area contributed by atoms with Crippen LogP contribution in [-0.2, 0) is 11.2 Å². The minimum atomic E-state index is -0.851. The SMILES string of the molecule is CC1(C)NC(=O)N(CCOc2ccc(CC#N)cc2)C1=O. The number of nitriles is 1. The van der Waals surface area contributed by atoms with Gasteiger partial charge in [-0.2, -0.15) is 5.26 Å². The number of nitrogens with one attached hydrogen (secondary N) is 1. The summed E-state index contributed by atoms with van der Waals surface area (Å²) in [5.74, 6) is 0.392. The Hall–Kier alpha value is -2.55. The molecule has 1 aromatic rings. The van der Waals surface area contributed by atoms with Crippen LogP contribution in [0.15, 0.2) is 24.3 Å². The van der Waals surface area contributed by atoms with E-state index in [0.29, 0.717) is 12.2 Å². The number of benzene rings is 1. The Morgan fingerprint density at radius 3 is 2.48 bits per heavy atom. The summed E-state index contributed by atoms with van der Waals surface area (Å²) < 4.78 is 5.51. The minimum Gasteiger partial charge on any atom is -0.492 e. The zero-order valence-electron chi connectivity index (χ0n) is 12.0. The molecule has 0 spiro atoms. The van der Waals surface area contributed by atoms with E-state index in [-0.39, 0.29) is 19.1 Å². The maximum atomic E-state index is 12.0. The van der Waals surface area contributed by atoms with E-state index < -0.39 is 11.6 Å². The summed E-state index contributed by atoms with van der Waals surface area (Å²) in [5.41, 5.74) is 0.0661. The van der Waals surface area contributed by atoms with Gasteiger partial charge in [0.15, 0.2) is 0 Å².